The van der Waals surface area contributed by atoms with Gasteiger partial charge in [-0.05, 0) is 38.2 Å². The molecule has 27 heavy (non-hydrogen) atoms. The van der Waals surface area contributed by atoms with Gasteiger partial charge in [-0.1, -0.05) is 29.8 Å². The van der Waals surface area contributed by atoms with Crippen molar-refractivity contribution in [2.75, 3.05) is 39.8 Å². The predicted molar refractivity (Wildman–Crippen MR) is 107 cm³/mol. The molecule has 2 aliphatic heterocycles. The molecule has 0 bridgehead atoms. The Labute approximate surface area is 164 Å². The molecule has 0 aliphatic carbocycles. The number of nitrogens with zero attached hydrogens (tertiary/aromatic N) is 5. The van der Waals surface area contributed by atoms with Crippen molar-refractivity contribution in [3.63, 3.8) is 0 Å². The Hall–Kier alpha value is -2.20. The van der Waals surface area contributed by atoms with Crippen LogP contribution in [0.3, 0.4) is 0 Å². The number of aliphatic imine (C=N–C) groups is 1. The minimum atomic E-state index is -0.351. The van der Waals surface area contributed by atoms with Crippen LogP contribution in [0.1, 0.15) is 23.5 Å². The zero-order valence-corrected chi connectivity index (χ0v) is 16.2. The fraction of sp³-hybridized carbons (Fsp3) is 0.450. The number of rotatable bonds is 3. The number of hydrogen-bond acceptors (Lipinski definition) is 5. The summed E-state index contributed by atoms with van der Waals surface area (Å²) in [5, 5.41) is 17.9. The van der Waals surface area contributed by atoms with Gasteiger partial charge in [-0.25, -0.2) is 4.99 Å². The fourth-order valence-electron chi connectivity index (χ4n) is 4.04. The summed E-state index contributed by atoms with van der Waals surface area (Å²) in [4.78, 5) is 9.54. The molecule has 3 heterocycles. The van der Waals surface area contributed by atoms with E-state index in [-0.39, 0.29) is 11.8 Å². The molecular formula is C20H23ClN6. The first-order chi connectivity index (χ1) is 13.2. The summed E-state index contributed by atoms with van der Waals surface area (Å²) in [6.07, 6.45) is 2.90. The largest absolute Gasteiger partial charge is 0.305 e. The van der Waals surface area contributed by atoms with E-state index in [0.29, 0.717) is 11.6 Å². The lowest BCUT2D eigenvalue weighted by atomic mass is 9.78. The van der Waals surface area contributed by atoms with Crippen molar-refractivity contribution in [3.8, 4) is 6.07 Å². The molecule has 1 aromatic carbocycles. The highest BCUT2D eigenvalue weighted by molar-refractivity contribution is 6.31. The van der Waals surface area contributed by atoms with E-state index in [9.17, 15) is 5.26 Å². The summed E-state index contributed by atoms with van der Waals surface area (Å²) in [5.41, 5.74) is 2.79. The molecule has 7 heteroatoms. The second-order valence-corrected chi connectivity index (χ2v) is 7.72. The van der Waals surface area contributed by atoms with Gasteiger partial charge in [0.1, 0.15) is 0 Å². The lowest BCUT2D eigenvalue weighted by Gasteiger charge is -2.30. The van der Waals surface area contributed by atoms with Gasteiger partial charge in [-0.2, -0.15) is 10.4 Å². The zero-order chi connectivity index (χ0) is 18.8. The van der Waals surface area contributed by atoms with E-state index in [2.05, 4.69) is 33.1 Å². The third-order valence-electron chi connectivity index (χ3n) is 5.51. The van der Waals surface area contributed by atoms with Gasteiger partial charge >= 0.3 is 0 Å². The number of H-pyrrole nitrogens is 1. The first-order valence-corrected chi connectivity index (χ1v) is 9.71. The van der Waals surface area contributed by atoms with Crippen LogP contribution in [0.15, 0.2) is 35.5 Å². The Morgan fingerprint density at radius 1 is 1.22 bits per heavy atom. The van der Waals surface area contributed by atoms with Crippen LogP contribution in [0.4, 0.5) is 5.82 Å². The number of hydrogen-bond donors (Lipinski definition) is 1. The lowest BCUT2D eigenvalue weighted by molar-refractivity contribution is 0.304. The summed E-state index contributed by atoms with van der Waals surface area (Å²) in [5.74, 6) is 0.240. The van der Waals surface area contributed by atoms with Crippen LogP contribution in [0.25, 0.3) is 0 Å². The molecule has 0 radical (unpaired) electrons. The molecule has 1 aromatic heterocycles. The quantitative estimate of drug-likeness (QED) is 0.885. The third-order valence-corrected chi connectivity index (χ3v) is 5.85. The smallest absolute Gasteiger partial charge is 0.151 e. The lowest BCUT2D eigenvalue weighted by Crippen LogP contribution is -2.38. The van der Waals surface area contributed by atoms with Crippen LogP contribution in [-0.4, -0.2) is 65.5 Å². The molecule has 1 fully saturated rings. The molecule has 1 saturated heterocycles. The maximum Gasteiger partial charge on any atom is 0.151 e. The maximum absolute atomic E-state index is 10.0. The zero-order valence-electron chi connectivity index (χ0n) is 15.4. The van der Waals surface area contributed by atoms with Gasteiger partial charge in [0.2, 0.25) is 0 Å². The Balaban J connectivity index is 1.68. The number of aromatic amines is 1. The van der Waals surface area contributed by atoms with Crippen LogP contribution in [0, 0.1) is 17.2 Å². The number of nitriles is 1. The highest BCUT2D eigenvalue weighted by Crippen LogP contribution is 2.43. The van der Waals surface area contributed by atoms with Crippen molar-refractivity contribution in [1.82, 2.24) is 20.0 Å². The number of likely N-dealkylation sites (N-methyl/N-ethyl adjacent to an activating group) is 1. The van der Waals surface area contributed by atoms with E-state index in [1.807, 2.05) is 24.3 Å². The normalized spacial score (nSPS) is 24.0. The molecule has 1 N–H and O–H groups in total. The number of halogens is 1. The number of nitrogens with one attached hydrogen (secondary N) is 1. The van der Waals surface area contributed by atoms with Crippen LogP contribution >= 0.6 is 11.6 Å². The first kappa shape index (κ1) is 18.2. The van der Waals surface area contributed by atoms with Crippen molar-refractivity contribution >= 4 is 23.1 Å². The summed E-state index contributed by atoms with van der Waals surface area (Å²) in [7, 11) is 2.16. The van der Waals surface area contributed by atoms with Gasteiger partial charge in [-0.15, -0.1) is 0 Å². The third kappa shape index (κ3) is 3.63. The van der Waals surface area contributed by atoms with Crippen molar-refractivity contribution in [1.29, 1.82) is 5.26 Å². The standard InChI is InChI=1S/C20H23ClN6/c1-26-7-4-8-27(10-9-26)13-18-15(11-22)19(14-5-2-3-6-17(14)21)16-12-23-25-20(16)24-18/h2-3,5-6,12,15,19H,4,7-10,13H2,1H3,(H,23,25). The molecule has 2 unspecified atom stereocenters. The second-order valence-electron chi connectivity index (χ2n) is 7.32. The topological polar surface area (TPSA) is 71.3 Å². The predicted octanol–water partition coefficient (Wildman–Crippen LogP) is 3.06. The van der Waals surface area contributed by atoms with Crippen molar-refractivity contribution in [2.45, 2.75) is 12.3 Å². The summed E-state index contributed by atoms with van der Waals surface area (Å²) in [6.45, 7) is 4.85. The van der Waals surface area contributed by atoms with Gasteiger partial charge in [0, 0.05) is 36.1 Å². The van der Waals surface area contributed by atoms with Gasteiger partial charge in [-0.3, -0.25) is 10.00 Å². The molecule has 0 saturated carbocycles. The molecular weight excluding hydrogens is 360 g/mol. The fourth-order valence-corrected chi connectivity index (χ4v) is 4.29. The van der Waals surface area contributed by atoms with Gasteiger partial charge in [0.05, 0.1) is 23.9 Å². The Morgan fingerprint density at radius 2 is 2.07 bits per heavy atom. The molecule has 2 aromatic rings. The summed E-state index contributed by atoms with van der Waals surface area (Å²) >= 11 is 6.49. The highest BCUT2D eigenvalue weighted by atomic mass is 35.5. The van der Waals surface area contributed by atoms with E-state index in [0.717, 1.165) is 55.3 Å². The number of aromatic nitrogens is 2. The minimum Gasteiger partial charge on any atom is -0.305 e. The Morgan fingerprint density at radius 3 is 2.89 bits per heavy atom. The average molecular weight is 383 g/mol. The summed E-state index contributed by atoms with van der Waals surface area (Å²) in [6, 6.07) is 10.3. The molecule has 6 nitrogen and oxygen atoms in total. The molecule has 2 aliphatic rings. The Bertz CT molecular complexity index is 883. The van der Waals surface area contributed by atoms with Crippen LogP contribution in [0.2, 0.25) is 5.02 Å². The SMILES string of the molecule is CN1CCCN(CC2=Nc3[nH]ncc3C(c3ccccc3Cl)C2C#N)CC1. The molecule has 2 atom stereocenters. The van der Waals surface area contributed by atoms with E-state index in [4.69, 9.17) is 16.6 Å². The van der Waals surface area contributed by atoms with E-state index < -0.39 is 0 Å². The molecule has 0 spiro atoms. The van der Waals surface area contributed by atoms with Gasteiger partial charge in [0.25, 0.3) is 0 Å². The Kier molecular flexibility index (Phi) is 5.26. The number of benzene rings is 1. The molecule has 0 amide bonds. The summed E-state index contributed by atoms with van der Waals surface area (Å²) < 4.78 is 0. The van der Waals surface area contributed by atoms with E-state index in [1.54, 1.807) is 6.20 Å². The first-order valence-electron chi connectivity index (χ1n) is 9.33. The minimum absolute atomic E-state index is 0.153. The van der Waals surface area contributed by atoms with Crippen LogP contribution in [-0.2, 0) is 0 Å². The molecule has 140 valence electrons. The van der Waals surface area contributed by atoms with Crippen LogP contribution < -0.4 is 0 Å². The second kappa shape index (κ2) is 7.81. The van der Waals surface area contributed by atoms with Crippen molar-refractivity contribution in [3.05, 3.63) is 46.6 Å². The highest BCUT2D eigenvalue weighted by Gasteiger charge is 2.37. The number of fused-ring (bicyclic) bond motifs is 1. The van der Waals surface area contributed by atoms with E-state index >= 15 is 0 Å². The molecule has 4 rings (SSSR count). The average Bonchev–Trinajstić information content (AvgIpc) is 3.04. The maximum atomic E-state index is 10.0. The van der Waals surface area contributed by atoms with E-state index in [1.165, 1.54) is 0 Å². The van der Waals surface area contributed by atoms with Crippen LogP contribution in [0.5, 0.6) is 0 Å². The van der Waals surface area contributed by atoms with Crippen molar-refractivity contribution in [2.24, 2.45) is 10.9 Å². The van der Waals surface area contributed by atoms with Gasteiger partial charge < -0.3 is 4.90 Å². The monoisotopic (exact) mass is 382 g/mol. The van der Waals surface area contributed by atoms with Crippen molar-refractivity contribution < 1.29 is 0 Å². The van der Waals surface area contributed by atoms with Gasteiger partial charge in [0.15, 0.2) is 5.82 Å².